The van der Waals surface area contributed by atoms with Crippen molar-refractivity contribution in [2.24, 2.45) is 0 Å². The lowest BCUT2D eigenvalue weighted by atomic mass is 10.2. The van der Waals surface area contributed by atoms with Crippen LogP contribution in [0.25, 0.3) is 0 Å². The van der Waals surface area contributed by atoms with Crippen molar-refractivity contribution in [2.75, 3.05) is 26.0 Å². The van der Waals surface area contributed by atoms with Gasteiger partial charge in [0.25, 0.3) is 0 Å². The fraction of sp³-hybridized carbons (Fsp3) is 0.667. The highest BCUT2D eigenvalue weighted by Crippen LogP contribution is 2.14. The van der Waals surface area contributed by atoms with E-state index in [1.54, 1.807) is 18.4 Å². The average Bonchev–Trinajstić information content (AvgIpc) is 2.80. The molecule has 16 heavy (non-hydrogen) atoms. The molecule has 1 unspecified atom stereocenters. The predicted octanol–water partition coefficient (Wildman–Crippen LogP) is 3.00. The highest BCUT2D eigenvalue weighted by molar-refractivity contribution is 7.98. The Labute approximate surface area is 107 Å². The highest BCUT2D eigenvalue weighted by atomic mass is 32.2. The van der Waals surface area contributed by atoms with Crippen LogP contribution in [-0.4, -0.2) is 32.1 Å². The van der Waals surface area contributed by atoms with Crippen molar-refractivity contribution >= 4 is 23.1 Å². The van der Waals surface area contributed by atoms with Gasteiger partial charge in [-0.2, -0.15) is 23.1 Å². The lowest BCUT2D eigenvalue weighted by Crippen LogP contribution is -2.34. The van der Waals surface area contributed by atoms with Gasteiger partial charge in [0.2, 0.25) is 0 Å². The number of hydrogen-bond acceptors (Lipinski definition) is 4. The van der Waals surface area contributed by atoms with Crippen LogP contribution in [0.3, 0.4) is 0 Å². The van der Waals surface area contributed by atoms with Crippen molar-refractivity contribution in [3.63, 3.8) is 0 Å². The van der Waals surface area contributed by atoms with Gasteiger partial charge >= 0.3 is 0 Å². The minimum absolute atomic E-state index is 0.506. The van der Waals surface area contributed by atoms with E-state index in [1.165, 1.54) is 5.56 Å². The van der Waals surface area contributed by atoms with E-state index in [1.807, 2.05) is 11.8 Å². The molecule has 1 aromatic heterocycles. The summed E-state index contributed by atoms with van der Waals surface area (Å²) in [5.74, 6) is 2.29. The van der Waals surface area contributed by atoms with Gasteiger partial charge in [0, 0.05) is 31.2 Å². The molecule has 0 amide bonds. The molecule has 0 spiro atoms. The zero-order chi connectivity index (χ0) is 11.6. The van der Waals surface area contributed by atoms with E-state index in [0.29, 0.717) is 6.04 Å². The molecular formula is C12H21NOS2. The van der Waals surface area contributed by atoms with Crippen LogP contribution in [0.4, 0.5) is 0 Å². The zero-order valence-corrected chi connectivity index (χ0v) is 11.7. The van der Waals surface area contributed by atoms with Crippen LogP contribution in [0.15, 0.2) is 16.8 Å². The first-order valence-corrected chi connectivity index (χ1v) is 7.77. The van der Waals surface area contributed by atoms with Crippen LogP contribution >= 0.6 is 23.1 Å². The SMILES string of the molecule is CCC(COC)NCCSCc1ccsc1. The Morgan fingerprint density at radius 3 is 3.06 bits per heavy atom. The van der Waals surface area contributed by atoms with Gasteiger partial charge in [-0.1, -0.05) is 6.92 Å². The maximum atomic E-state index is 5.14. The second-order valence-electron chi connectivity index (χ2n) is 3.70. The number of methoxy groups -OCH3 is 1. The predicted molar refractivity (Wildman–Crippen MR) is 74.4 cm³/mol. The quantitative estimate of drug-likeness (QED) is 0.689. The Hall–Kier alpha value is -0.0300. The van der Waals surface area contributed by atoms with Crippen LogP contribution < -0.4 is 5.32 Å². The Bertz CT molecular complexity index is 252. The molecule has 0 saturated carbocycles. The van der Waals surface area contributed by atoms with Crippen LogP contribution in [0.1, 0.15) is 18.9 Å². The molecular weight excluding hydrogens is 238 g/mol. The molecule has 1 aromatic rings. The lowest BCUT2D eigenvalue weighted by molar-refractivity contribution is 0.165. The van der Waals surface area contributed by atoms with E-state index in [9.17, 15) is 0 Å². The first kappa shape index (κ1) is 14.0. The fourth-order valence-corrected chi connectivity index (χ4v) is 3.02. The third-order valence-corrected chi connectivity index (χ3v) is 4.15. The summed E-state index contributed by atoms with van der Waals surface area (Å²) >= 11 is 3.76. The number of thioether (sulfide) groups is 1. The normalized spacial score (nSPS) is 12.9. The molecule has 0 aliphatic rings. The molecule has 0 saturated heterocycles. The van der Waals surface area contributed by atoms with Crippen LogP contribution in [0.2, 0.25) is 0 Å². The summed E-state index contributed by atoms with van der Waals surface area (Å²) < 4.78 is 5.14. The molecule has 0 aliphatic carbocycles. The molecule has 0 bridgehead atoms. The summed E-state index contributed by atoms with van der Waals surface area (Å²) in [7, 11) is 1.76. The Morgan fingerprint density at radius 1 is 1.56 bits per heavy atom. The molecule has 1 heterocycles. The minimum Gasteiger partial charge on any atom is -0.383 e. The van der Waals surface area contributed by atoms with Crippen molar-refractivity contribution in [2.45, 2.75) is 25.1 Å². The molecule has 0 aromatic carbocycles. The maximum Gasteiger partial charge on any atom is 0.0615 e. The van der Waals surface area contributed by atoms with E-state index in [-0.39, 0.29) is 0 Å². The Balaban J connectivity index is 1.98. The molecule has 92 valence electrons. The van der Waals surface area contributed by atoms with Gasteiger partial charge in [-0.25, -0.2) is 0 Å². The summed E-state index contributed by atoms with van der Waals surface area (Å²) in [4.78, 5) is 0. The first-order chi connectivity index (χ1) is 7.86. The maximum absolute atomic E-state index is 5.14. The average molecular weight is 259 g/mol. The van der Waals surface area contributed by atoms with E-state index in [0.717, 1.165) is 31.1 Å². The third kappa shape index (κ3) is 5.89. The first-order valence-electron chi connectivity index (χ1n) is 5.68. The van der Waals surface area contributed by atoms with Gasteiger partial charge in [-0.3, -0.25) is 0 Å². The zero-order valence-electron chi connectivity index (χ0n) is 10.1. The second kappa shape index (κ2) is 9.05. The Morgan fingerprint density at radius 2 is 2.44 bits per heavy atom. The van der Waals surface area contributed by atoms with E-state index in [4.69, 9.17) is 4.74 Å². The van der Waals surface area contributed by atoms with Gasteiger partial charge in [0.15, 0.2) is 0 Å². The van der Waals surface area contributed by atoms with Gasteiger partial charge in [-0.05, 0) is 28.8 Å². The number of hydrogen-bond donors (Lipinski definition) is 1. The summed E-state index contributed by atoms with van der Waals surface area (Å²) in [6.45, 7) is 4.07. The topological polar surface area (TPSA) is 21.3 Å². The highest BCUT2D eigenvalue weighted by Gasteiger charge is 2.03. The van der Waals surface area contributed by atoms with Gasteiger partial charge in [-0.15, -0.1) is 0 Å². The van der Waals surface area contributed by atoms with Gasteiger partial charge < -0.3 is 10.1 Å². The second-order valence-corrected chi connectivity index (χ2v) is 5.58. The van der Waals surface area contributed by atoms with Crippen LogP contribution in [0, 0.1) is 0 Å². The molecule has 1 rings (SSSR count). The number of ether oxygens (including phenoxy) is 1. The molecule has 0 aliphatic heterocycles. The largest absolute Gasteiger partial charge is 0.383 e. The lowest BCUT2D eigenvalue weighted by Gasteiger charge is -2.15. The molecule has 0 radical (unpaired) electrons. The molecule has 1 N–H and O–H groups in total. The van der Waals surface area contributed by atoms with Crippen molar-refractivity contribution < 1.29 is 4.74 Å². The third-order valence-electron chi connectivity index (χ3n) is 2.39. The van der Waals surface area contributed by atoms with E-state index in [2.05, 4.69) is 29.1 Å². The summed E-state index contributed by atoms with van der Waals surface area (Å²) in [6, 6.07) is 2.71. The summed E-state index contributed by atoms with van der Waals surface area (Å²) in [6.07, 6.45) is 1.13. The minimum atomic E-state index is 0.506. The van der Waals surface area contributed by atoms with E-state index < -0.39 is 0 Å². The number of thiophene rings is 1. The summed E-state index contributed by atoms with van der Waals surface area (Å²) in [5, 5.41) is 7.87. The van der Waals surface area contributed by atoms with Gasteiger partial charge in [0.1, 0.15) is 0 Å². The molecule has 4 heteroatoms. The molecule has 0 fully saturated rings. The standard InChI is InChI=1S/C12H21NOS2/c1-3-12(8-14-2)13-5-7-16-10-11-4-6-15-9-11/h4,6,9,12-13H,3,5,7-8,10H2,1-2H3. The number of nitrogens with one attached hydrogen (secondary N) is 1. The van der Waals surface area contributed by atoms with E-state index >= 15 is 0 Å². The van der Waals surface area contributed by atoms with Crippen molar-refractivity contribution in [3.05, 3.63) is 22.4 Å². The molecule has 2 nitrogen and oxygen atoms in total. The van der Waals surface area contributed by atoms with Crippen molar-refractivity contribution in [1.29, 1.82) is 0 Å². The number of rotatable bonds is 9. The smallest absolute Gasteiger partial charge is 0.0615 e. The Kier molecular flexibility index (Phi) is 7.93. The fourth-order valence-electron chi connectivity index (χ4n) is 1.42. The summed E-state index contributed by atoms with van der Waals surface area (Å²) in [5.41, 5.74) is 1.44. The van der Waals surface area contributed by atoms with Crippen LogP contribution in [0.5, 0.6) is 0 Å². The van der Waals surface area contributed by atoms with Gasteiger partial charge in [0.05, 0.1) is 6.61 Å². The van der Waals surface area contributed by atoms with Crippen molar-refractivity contribution in [1.82, 2.24) is 5.32 Å². The monoisotopic (exact) mass is 259 g/mol. The van der Waals surface area contributed by atoms with Crippen LogP contribution in [-0.2, 0) is 10.5 Å². The van der Waals surface area contributed by atoms with Crippen molar-refractivity contribution in [3.8, 4) is 0 Å². The molecule has 1 atom stereocenters.